The molecule has 0 bridgehead atoms. The van der Waals surface area contributed by atoms with E-state index in [9.17, 15) is 0 Å². The Morgan fingerprint density at radius 1 is 0.966 bits per heavy atom. The molecule has 0 unspecified atom stereocenters. The summed E-state index contributed by atoms with van der Waals surface area (Å²) in [7, 11) is 5.40. The minimum Gasteiger partial charge on any atom is -0.497 e. The third-order valence-electron chi connectivity index (χ3n) is 4.72. The van der Waals surface area contributed by atoms with Crippen LogP contribution in [0.4, 0.5) is 0 Å². The number of hydrogen-bond donors (Lipinski definition) is 0. The van der Waals surface area contributed by atoms with Crippen molar-refractivity contribution in [3.8, 4) is 22.9 Å². The lowest BCUT2D eigenvalue weighted by molar-refractivity contribution is 0.243. The Hall–Kier alpha value is -2.64. The minimum atomic E-state index is 0.209. The van der Waals surface area contributed by atoms with Gasteiger partial charge >= 0.3 is 0 Å². The Kier molecular flexibility index (Phi) is 6.71. The molecule has 0 fully saturated rings. The molecular weight excluding hydrogens is 384 g/mol. The molecule has 1 aromatic heterocycles. The third-order valence-corrected chi connectivity index (χ3v) is 5.13. The molecular formula is C22H28N4O2S. The van der Waals surface area contributed by atoms with Crippen molar-refractivity contribution in [2.24, 2.45) is 0 Å². The second kappa shape index (κ2) is 9.24. The molecule has 2 aromatic carbocycles. The van der Waals surface area contributed by atoms with Crippen LogP contribution >= 0.6 is 12.2 Å². The van der Waals surface area contributed by atoms with Crippen LogP contribution < -0.4 is 9.47 Å². The molecule has 29 heavy (non-hydrogen) atoms. The van der Waals surface area contributed by atoms with E-state index in [4.69, 9.17) is 26.8 Å². The topological polar surface area (TPSA) is 44.4 Å². The lowest BCUT2D eigenvalue weighted by atomic mass is 10.2. The molecule has 0 N–H and O–H groups in total. The van der Waals surface area contributed by atoms with Gasteiger partial charge < -0.3 is 9.47 Å². The van der Waals surface area contributed by atoms with E-state index in [-0.39, 0.29) is 6.04 Å². The zero-order valence-corrected chi connectivity index (χ0v) is 18.4. The highest BCUT2D eigenvalue weighted by molar-refractivity contribution is 7.71. The fourth-order valence-electron chi connectivity index (χ4n) is 3.24. The van der Waals surface area contributed by atoms with Gasteiger partial charge in [0.05, 0.1) is 20.9 Å². The molecule has 0 radical (unpaired) electrons. The minimum absolute atomic E-state index is 0.209. The molecule has 7 heteroatoms. The monoisotopic (exact) mass is 412 g/mol. The van der Waals surface area contributed by atoms with Crippen molar-refractivity contribution in [1.29, 1.82) is 0 Å². The zero-order valence-electron chi connectivity index (χ0n) is 17.6. The first-order valence-electron chi connectivity index (χ1n) is 9.58. The van der Waals surface area contributed by atoms with Crippen molar-refractivity contribution in [1.82, 2.24) is 19.2 Å². The first kappa shape index (κ1) is 21.1. The number of rotatable bonds is 8. The summed E-state index contributed by atoms with van der Waals surface area (Å²) < 4.78 is 15.2. The van der Waals surface area contributed by atoms with Gasteiger partial charge in [-0.15, -0.1) is 0 Å². The van der Waals surface area contributed by atoms with Crippen molar-refractivity contribution in [2.75, 3.05) is 21.3 Å². The van der Waals surface area contributed by atoms with Gasteiger partial charge in [-0.1, -0.05) is 12.1 Å². The standard InChI is InChI=1S/C22H28N4O2S/c1-16(2)26-21(18-8-12-20(28-5)13-9-18)23-25(22(26)29)15-24(3)14-17-6-10-19(27-4)11-7-17/h6-13,16H,14-15H2,1-5H3. The van der Waals surface area contributed by atoms with Crippen LogP contribution in [0, 0.1) is 4.77 Å². The summed E-state index contributed by atoms with van der Waals surface area (Å²) in [6.07, 6.45) is 0. The number of methoxy groups -OCH3 is 2. The second-order valence-electron chi connectivity index (χ2n) is 7.30. The molecule has 0 aliphatic rings. The van der Waals surface area contributed by atoms with E-state index in [1.54, 1.807) is 14.2 Å². The zero-order chi connectivity index (χ0) is 21.0. The third kappa shape index (κ3) is 4.86. The molecule has 0 saturated heterocycles. The molecule has 3 aromatic rings. The summed E-state index contributed by atoms with van der Waals surface area (Å²) in [4.78, 5) is 2.19. The van der Waals surface area contributed by atoms with Crippen LogP contribution in [0.5, 0.6) is 11.5 Å². The van der Waals surface area contributed by atoms with Crippen LogP contribution in [0.15, 0.2) is 48.5 Å². The van der Waals surface area contributed by atoms with E-state index < -0.39 is 0 Å². The van der Waals surface area contributed by atoms with Gasteiger partial charge in [-0.25, -0.2) is 4.68 Å². The summed E-state index contributed by atoms with van der Waals surface area (Å²) in [5.74, 6) is 2.55. The summed E-state index contributed by atoms with van der Waals surface area (Å²) in [5.41, 5.74) is 2.22. The summed E-state index contributed by atoms with van der Waals surface area (Å²) >= 11 is 5.75. The Morgan fingerprint density at radius 2 is 1.52 bits per heavy atom. The number of benzene rings is 2. The second-order valence-corrected chi connectivity index (χ2v) is 7.67. The first-order chi connectivity index (χ1) is 13.9. The normalized spacial score (nSPS) is 11.3. The van der Waals surface area contributed by atoms with E-state index in [2.05, 4.69) is 42.5 Å². The van der Waals surface area contributed by atoms with E-state index >= 15 is 0 Å². The fourth-order valence-corrected chi connectivity index (χ4v) is 3.63. The molecule has 1 heterocycles. The smallest absolute Gasteiger partial charge is 0.199 e. The maximum Gasteiger partial charge on any atom is 0.199 e. The molecule has 6 nitrogen and oxygen atoms in total. The number of nitrogens with zero attached hydrogens (tertiary/aromatic N) is 4. The van der Waals surface area contributed by atoms with Gasteiger partial charge in [0.25, 0.3) is 0 Å². The molecule has 0 saturated carbocycles. The molecule has 0 spiro atoms. The molecule has 0 aliphatic carbocycles. The predicted molar refractivity (Wildman–Crippen MR) is 118 cm³/mol. The Morgan fingerprint density at radius 3 is 2.03 bits per heavy atom. The van der Waals surface area contributed by atoms with Crippen molar-refractivity contribution in [3.05, 3.63) is 58.9 Å². The Bertz CT molecular complexity index is 991. The van der Waals surface area contributed by atoms with Gasteiger partial charge in [-0.3, -0.25) is 9.47 Å². The van der Waals surface area contributed by atoms with Crippen LogP contribution in [-0.2, 0) is 13.2 Å². The van der Waals surface area contributed by atoms with Crippen LogP contribution in [0.25, 0.3) is 11.4 Å². The van der Waals surface area contributed by atoms with E-state index in [1.165, 1.54) is 5.56 Å². The van der Waals surface area contributed by atoms with E-state index in [0.717, 1.165) is 29.4 Å². The lowest BCUT2D eigenvalue weighted by Gasteiger charge is -2.16. The van der Waals surface area contributed by atoms with Gasteiger partial charge in [0.15, 0.2) is 10.6 Å². The highest BCUT2D eigenvalue weighted by Gasteiger charge is 2.16. The molecule has 0 atom stereocenters. The molecule has 0 aliphatic heterocycles. The number of aromatic nitrogens is 3. The van der Waals surface area contributed by atoms with Crippen molar-refractivity contribution >= 4 is 12.2 Å². The lowest BCUT2D eigenvalue weighted by Crippen LogP contribution is -2.22. The van der Waals surface area contributed by atoms with Crippen molar-refractivity contribution in [3.63, 3.8) is 0 Å². The van der Waals surface area contributed by atoms with Gasteiger partial charge in [0.1, 0.15) is 11.5 Å². The van der Waals surface area contributed by atoms with Crippen molar-refractivity contribution < 1.29 is 9.47 Å². The number of hydrogen-bond acceptors (Lipinski definition) is 5. The van der Waals surface area contributed by atoms with Gasteiger partial charge in [-0.2, -0.15) is 5.10 Å². The van der Waals surface area contributed by atoms with Crippen molar-refractivity contribution in [2.45, 2.75) is 33.1 Å². The summed E-state index contributed by atoms with van der Waals surface area (Å²) in [6.45, 7) is 5.64. The van der Waals surface area contributed by atoms with Gasteiger partial charge in [-0.05, 0) is 75.1 Å². The molecule has 154 valence electrons. The summed E-state index contributed by atoms with van der Waals surface area (Å²) in [5, 5.41) is 4.84. The van der Waals surface area contributed by atoms with Crippen LogP contribution in [0.1, 0.15) is 25.5 Å². The maximum absolute atomic E-state index is 5.75. The highest BCUT2D eigenvalue weighted by atomic mass is 32.1. The first-order valence-corrected chi connectivity index (χ1v) is 9.99. The quantitative estimate of drug-likeness (QED) is 0.499. The van der Waals surface area contributed by atoms with Gasteiger partial charge in [0, 0.05) is 18.2 Å². The average molecular weight is 413 g/mol. The average Bonchev–Trinajstić information content (AvgIpc) is 3.04. The number of ether oxygens (including phenoxy) is 2. The van der Waals surface area contributed by atoms with E-state index in [1.807, 2.05) is 41.1 Å². The van der Waals surface area contributed by atoms with Crippen LogP contribution in [0.2, 0.25) is 0 Å². The van der Waals surface area contributed by atoms with Crippen LogP contribution in [0.3, 0.4) is 0 Å². The fraction of sp³-hybridized carbons (Fsp3) is 0.364. The van der Waals surface area contributed by atoms with E-state index in [0.29, 0.717) is 11.4 Å². The van der Waals surface area contributed by atoms with Crippen LogP contribution in [-0.4, -0.2) is 40.5 Å². The largest absolute Gasteiger partial charge is 0.497 e. The summed E-state index contributed by atoms with van der Waals surface area (Å²) in [6, 6.07) is 16.2. The SMILES string of the molecule is COc1ccc(CN(C)Cn2nc(-c3ccc(OC)cc3)n(C(C)C)c2=S)cc1. The molecule has 3 rings (SSSR count). The predicted octanol–water partition coefficient (Wildman–Crippen LogP) is 4.77. The molecule has 0 amide bonds. The highest BCUT2D eigenvalue weighted by Crippen LogP contribution is 2.24. The Labute approximate surface area is 177 Å². The van der Waals surface area contributed by atoms with Gasteiger partial charge in [0.2, 0.25) is 0 Å². The maximum atomic E-state index is 5.75. The Balaban J connectivity index is 1.84.